The molecule has 3 aromatic carbocycles. The maximum absolute atomic E-state index is 10.0. The van der Waals surface area contributed by atoms with Crippen molar-refractivity contribution in [1.29, 1.82) is 0 Å². The molecule has 0 aromatic heterocycles. The Morgan fingerprint density at radius 2 is 1.65 bits per heavy atom. The topological polar surface area (TPSA) is 52.5 Å². The molecule has 3 N–H and O–H groups in total. The van der Waals surface area contributed by atoms with E-state index in [1.807, 2.05) is 54.6 Å². The first-order valence-corrected chi connectivity index (χ1v) is 6.94. The van der Waals surface area contributed by atoms with Crippen LogP contribution in [0, 0.1) is 0 Å². The second-order valence-electron chi connectivity index (χ2n) is 4.46. The van der Waals surface area contributed by atoms with E-state index in [0.29, 0.717) is 16.9 Å². The summed E-state index contributed by atoms with van der Waals surface area (Å²) in [7, 11) is 0. The van der Waals surface area contributed by atoms with Crippen LogP contribution in [-0.4, -0.2) is 9.66 Å². The van der Waals surface area contributed by atoms with E-state index in [9.17, 15) is 5.11 Å². The molecule has 0 heterocycles. The largest absolute Gasteiger partial charge is 0.507 e. The van der Waals surface area contributed by atoms with Crippen LogP contribution in [0.25, 0.3) is 10.8 Å². The standard InChI is InChI=1S/C16H13NO2S/c18-16-10-14(20-19)8-11-6-7-13(9-15(11)16)17-12-4-2-1-3-5-12/h1-10,17-19H. The molecule has 3 rings (SSSR count). The van der Waals surface area contributed by atoms with Crippen LogP contribution in [-0.2, 0) is 0 Å². The van der Waals surface area contributed by atoms with Gasteiger partial charge in [0.05, 0.1) is 0 Å². The van der Waals surface area contributed by atoms with Gasteiger partial charge < -0.3 is 15.0 Å². The maximum atomic E-state index is 10.0. The second kappa shape index (κ2) is 5.45. The molecule has 100 valence electrons. The van der Waals surface area contributed by atoms with E-state index < -0.39 is 0 Å². The van der Waals surface area contributed by atoms with E-state index in [0.717, 1.165) is 22.1 Å². The number of aromatic hydroxyl groups is 1. The number of benzene rings is 3. The highest BCUT2D eigenvalue weighted by atomic mass is 32.2. The van der Waals surface area contributed by atoms with E-state index in [4.69, 9.17) is 4.55 Å². The number of phenolic OH excluding ortho intramolecular Hbond substituents is 1. The molecule has 0 saturated carbocycles. The van der Waals surface area contributed by atoms with Crippen LogP contribution in [0.1, 0.15) is 0 Å². The molecule has 0 fully saturated rings. The van der Waals surface area contributed by atoms with Gasteiger partial charge in [0.25, 0.3) is 0 Å². The molecule has 4 heteroatoms. The molecule has 0 amide bonds. The number of fused-ring (bicyclic) bond motifs is 1. The number of hydrogen-bond donors (Lipinski definition) is 3. The average molecular weight is 283 g/mol. The molecule has 0 radical (unpaired) electrons. The maximum Gasteiger partial charge on any atom is 0.124 e. The van der Waals surface area contributed by atoms with Crippen molar-refractivity contribution in [3.63, 3.8) is 0 Å². The molecule has 0 atom stereocenters. The fourth-order valence-electron chi connectivity index (χ4n) is 2.13. The van der Waals surface area contributed by atoms with Crippen LogP contribution in [0.4, 0.5) is 11.4 Å². The number of hydrogen-bond acceptors (Lipinski definition) is 4. The smallest absolute Gasteiger partial charge is 0.124 e. The third-order valence-electron chi connectivity index (χ3n) is 3.07. The monoisotopic (exact) mass is 283 g/mol. The van der Waals surface area contributed by atoms with E-state index >= 15 is 0 Å². The molecule has 0 bridgehead atoms. The third-order valence-corrected chi connectivity index (χ3v) is 3.52. The first kappa shape index (κ1) is 12.8. The Hall–Kier alpha value is -2.17. The second-order valence-corrected chi connectivity index (χ2v) is 5.11. The fraction of sp³-hybridized carbons (Fsp3) is 0. The quantitative estimate of drug-likeness (QED) is 0.601. The highest BCUT2D eigenvalue weighted by Crippen LogP contribution is 2.32. The number of phenols is 1. The van der Waals surface area contributed by atoms with Crippen LogP contribution in [0.2, 0.25) is 0 Å². The van der Waals surface area contributed by atoms with Crippen molar-refractivity contribution in [3.8, 4) is 5.75 Å². The first-order valence-electron chi connectivity index (χ1n) is 6.16. The van der Waals surface area contributed by atoms with Gasteiger partial charge in [-0.15, -0.1) is 0 Å². The Morgan fingerprint density at radius 3 is 2.40 bits per heavy atom. The Kier molecular flexibility index (Phi) is 3.50. The summed E-state index contributed by atoms with van der Waals surface area (Å²) >= 11 is 0.629. The number of para-hydroxylation sites is 1. The normalized spacial score (nSPS) is 10.7. The fourth-order valence-corrected chi connectivity index (χ4v) is 2.47. The van der Waals surface area contributed by atoms with Gasteiger partial charge in [0.2, 0.25) is 0 Å². The molecule has 20 heavy (non-hydrogen) atoms. The summed E-state index contributed by atoms with van der Waals surface area (Å²) in [5.41, 5.74) is 1.90. The van der Waals surface area contributed by atoms with Gasteiger partial charge in [-0.1, -0.05) is 24.3 Å². The van der Waals surface area contributed by atoms with Gasteiger partial charge in [0.1, 0.15) is 5.75 Å². The number of anilines is 2. The predicted molar refractivity (Wildman–Crippen MR) is 83.8 cm³/mol. The molecule has 3 nitrogen and oxygen atoms in total. The van der Waals surface area contributed by atoms with E-state index in [-0.39, 0.29) is 5.75 Å². The van der Waals surface area contributed by atoms with Gasteiger partial charge in [-0.05, 0) is 41.8 Å². The molecule has 0 aliphatic rings. The third kappa shape index (κ3) is 2.57. The van der Waals surface area contributed by atoms with Gasteiger partial charge >= 0.3 is 0 Å². The Morgan fingerprint density at radius 1 is 0.850 bits per heavy atom. The average Bonchev–Trinajstić information content (AvgIpc) is 2.48. The summed E-state index contributed by atoms with van der Waals surface area (Å²) in [4.78, 5) is 0.624. The van der Waals surface area contributed by atoms with Crippen molar-refractivity contribution in [1.82, 2.24) is 0 Å². The summed E-state index contributed by atoms with van der Waals surface area (Å²) in [6, 6.07) is 19.0. The highest BCUT2D eigenvalue weighted by Gasteiger charge is 2.05. The summed E-state index contributed by atoms with van der Waals surface area (Å²) in [5.74, 6) is 0.163. The van der Waals surface area contributed by atoms with Crippen molar-refractivity contribution in [2.24, 2.45) is 0 Å². The molecule has 0 aliphatic carbocycles. The first-order chi connectivity index (χ1) is 9.76. The van der Waals surface area contributed by atoms with Crippen molar-refractivity contribution in [2.75, 3.05) is 5.32 Å². The predicted octanol–water partition coefficient (Wildman–Crippen LogP) is 4.85. The summed E-state index contributed by atoms with van der Waals surface area (Å²) < 4.78 is 9.06. The van der Waals surface area contributed by atoms with Gasteiger partial charge in [0.15, 0.2) is 0 Å². The van der Waals surface area contributed by atoms with Crippen LogP contribution in [0.5, 0.6) is 5.75 Å². The Labute approximate surface area is 121 Å². The zero-order valence-corrected chi connectivity index (χ0v) is 11.4. The zero-order valence-electron chi connectivity index (χ0n) is 10.6. The number of rotatable bonds is 3. The van der Waals surface area contributed by atoms with E-state index in [1.165, 1.54) is 0 Å². The molecule has 0 aliphatic heterocycles. The lowest BCUT2D eigenvalue weighted by atomic mass is 10.1. The molecule has 3 aromatic rings. The molecule has 0 spiro atoms. The van der Waals surface area contributed by atoms with E-state index in [1.54, 1.807) is 6.07 Å². The summed E-state index contributed by atoms with van der Waals surface area (Å²) in [6.45, 7) is 0. The minimum Gasteiger partial charge on any atom is -0.507 e. The SMILES string of the molecule is OSc1cc(O)c2cc(Nc3ccccc3)ccc2c1. The summed E-state index contributed by atoms with van der Waals surface area (Å²) in [6.07, 6.45) is 0. The lowest BCUT2D eigenvalue weighted by Crippen LogP contribution is -1.89. The van der Waals surface area contributed by atoms with Crippen LogP contribution in [0.3, 0.4) is 0 Å². The van der Waals surface area contributed by atoms with Crippen LogP contribution >= 0.6 is 12.0 Å². The minimum atomic E-state index is 0.163. The molecular formula is C16H13NO2S. The lowest BCUT2D eigenvalue weighted by Gasteiger charge is -2.09. The minimum absolute atomic E-state index is 0.163. The Balaban J connectivity index is 2.00. The zero-order chi connectivity index (χ0) is 13.9. The van der Waals surface area contributed by atoms with Gasteiger partial charge in [-0.2, -0.15) is 0 Å². The van der Waals surface area contributed by atoms with Gasteiger partial charge in [-0.25, -0.2) is 0 Å². The van der Waals surface area contributed by atoms with Gasteiger partial charge in [-0.3, -0.25) is 0 Å². The molecule has 0 saturated heterocycles. The van der Waals surface area contributed by atoms with Crippen LogP contribution in [0.15, 0.2) is 65.6 Å². The van der Waals surface area contributed by atoms with Crippen molar-refractivity contribution >= 4 is 34.2 Å². The van der Waals surface area contributed by atoms with Crippen molar-refractivity contribution in [3.05, 3.63) is 60.7 Å². The Bertz CT molecular complexity index is 744. The van der Waals surface area contributed by atoms with Crippen LogP contribution < -0.4 is 5.32 Å². The molecule has 0 unspecified atom stereocenters. The highest BCUT2D eigenvalue weighted by molar-refractivity contribution is 7.93. The summed E-state index contributed by atoms with van der Waals surface area (Å²) in [5, 5.41) is 15.0. The van der Waals surface area contributed by atoms with Crippen molar-refractivity contribution < 1.29 is 9.66 Å². The number of nitrogens with one attached hydrogen (secondary N) is 1. The van der Waals surface area contributed by atoms with Gasteiger partial charge in [0, 0.05) is 33.7 Å². The van der Waals surface area contributed by atoms with Crippen molar-refractivity contribution in [2.45, 2.75) is 4.90 Å². The van der Waals surface area contributed by atoms with E-state index in [2.05, 4.69) is 5.32 Å². The lowest BCUT2D eigenvalue weighted by molar-refractivity contribution is 0.480. The molecular weight excluding hydrogens is 270 g/mol.